The van der Waals surface area contributed by atoms with E-state index < -0.39 is 47.2 Å². The number of hydrogen-bond donors (Lipinski definition) is 2. The third-order valence-electron chi connectivity index (χ3n) is 2.25. The van der Waals surface area contributed by atoms with E-state index >= 15 is 0 Å². The van der Waals surface area contributed by atoms with Crippen LogP contribution in [-0.4, -0.2) is 24.7 Å². The Hall–Kier alpha value is -1.76. The van der Waals surface area contributed by atoms with Gasteiger partial charge in [0.25, 0.3) is 0 Å². The van der Waals surface area contributed by atoms with E-state index in [1.165, 1.54) is 0 Å². The van der Waals surface area contributed by atoms with Crippen LogP contribution in [-0.2, 0) is 4.79 Å². The highest BCUT2D eigenvalue weighted by molar-refractivity contribution is 5.77. The molecule has 1 aromatic rings. The summed E-state index contributed by atoms with van der Waals surface area (Å²) in [4.78, 5) is 10.8. The highest BCUT2D eigenvalue weighted by atomic mass is 19.2. The first kappa shape index (κ1) is 13.3. The lowest BCUT2D eigenvalue weighted by Crippen LogP contribution is -2.23. The van der Waals surface area contributed by atoms with Crippen LogP contribution < -0.4 is 10.5 Å². The molecular formula is C10H10F3NO3. The zero-order valence-electron chi connectivity index (χ0n) is 8.84. The Morgan fingerprint density at radius 2 is 2.06 bits per heavy atom. The number of hydrogen-bond acceptors (Lipinski definition) is 3. The number of carbonyl (C=O) groups is 1. The minimum absolute atomic E-state index is 0.285. The van der Waals surface area contributed by atoms with E-state index in [9.17, 15) is 18.0 Å². The Balaban J connectivity index is 3.53. The Kier molecular flexibility index (Phi) is 3.95. The predicted molar refractivity (Wildman–Crippen MR) is 52.3 cm³/mol. The van der Waals surface area contributed by atoms with Gasteiger partial charge in [-0.3, -0.25) is 4.79 Å². The molecule has 1 unspecified atom stereocenters. The van der Waals surface area contributed by atoms with Gasteiger partial charge in [0.15, 0.2) is 23.2 Å². The molecule has 0 aliphatic carbocycles. The van der Waals surface area contributed by atoms with Gasteiger partial charge in [0.05, 0.1) is 12.7 Å². The summed E-state index contributed by atoms with van der Waals surface area (Å²) < 4.78 is 44.3. The van der Waals surface area contributed by atoms with E-state index in [0.29, 0.717) is 0 Å². The minimum atomic E-state index is -1.57. The van der Waals surface area contributed by atoms with Crippen molar-refractivity contribution in [1.29, 1.82) is 0 Å². The lowest BCUT2D eigenvalue weighted by atomic mass is 9.97. The maximum absolute atomic E-state index is 13.5. The number of methoxy groups -OCH3 is 1. The number of benzene rings is 1. The van der Waals surface area contributed by atoms with Crippen molar-refractivity contribution in [2.75, 3.05) is 13.7 Å². The summed E-state index contributed by atoms with van der Waals surface area (Å²) in [6.07, 6.45) is 0. The zero-order chi connectivity index (χ0) is 13.2. The molecule has 0 saturated carbocycles. The van der Waals surface area contributed by atoms with Gasteiger partial charge in [0.2, 0.25) is 0 Å². The van der Waals surface area contributed by atoms with Gasteiger partial charge in [0.1, 0.15) is 5.92 Å². The Morgan fingerprint density at radius 3 is 2.47 bits per heavy atom. The normalized spacial score (nSPS) is 12.3. The first-order valence-electron chi connectivity index (χ1n) is 4.58. The lowest BCUT2D eigenvalue weighted by Gasteiger charge is -2.16. The van der Waals surface area contributed by atoms with Gasteiger partial charge < -0.3 is 15.6 Å². The number of carboxylic acid groups (broad SMARTS) is 1. The van der Waals surface area contributed by atoms with Gasteiger partial charge in [-0.05, 0) is 0 Å². The van der Waals surface area contributed by atoms with Crippen molar-refractivity contribution >= 4 is 5.97 Å². The maximum Gasteiger partial charge on any atom is 0.312 e. The molecule has 0 fully saturated rings. The number of rotatable bonds is 4. The Labute approximate surface area is 94.8 Å². The van der Waals surface area contributed by atoms with Crippen molar-refractivity contribution < 1.29 is 27.8 Å². The second-order valence-electron chi connectivity index (χ2n) is 3.23. The van der Waals surface area contributed by atoms with Crippen molar-refractivity contribution in [2.24, 2.45) is 5.73 Å². The molecule has 0 radical (unpaired) electrons. The molecule has 17 heavy (non-hydrogen) atoms. The molecule has 0 amide bonds. The third-order valence-corrected chi connectivity index (χ3v) is 2.25. The molecule has 3 N–H and O–H groups in total. The van der Waals surface area contributed by atoms with Gasteiger partial charge in [-0.15, -0.1) is 0 Å². The van der Waals surface area contributed by atoms with Gasteiger partial charge in [-0.2, -0.15) is 0 Å². The number of nitrogens with two attached hydrogens (primary N) is 1. The summed E-state index contributed by atoms with van der Waals surface area (Å²) in [7, 11) is 1.02. The van der Waals surface area contributed by atoms with Crippen molar-refractivity contribution in [1.82, 2.24) is 0 Å². The van der Waals surface area contributed by atoms with Gasteiger partial charge in [0, 0.05) is 12.6 Å². The van der Waals surface area contributed by atoms with Crippen molar-refractivity contribution in [3.05, 3.63) is 29.1 Å². The SMILES string of the molecule is COc1c(F)cc(F)c(F)c1C(CN)C(=O)O. The van der Waals surface area contributed by atoms with Gasteiger partial charge in [-0.25, -0.2) is 13.2 Å². The number of carboxylic acids is 1. The van der Waals surface area contributed by atoms with Crippen molar-refractivity contribution in [2.45, 2.75) is 5.92 Å². The van der Waals surface area contributed by atoms with E-state index in [4.69, 9.17) is 10.8 Å². The van der Waals surface area contributed by atoms with Crippen LogP contribution in [0.4, 0.5) is 13.2 Å². The summed E-state index contributed by atoms with van der Waals surface area (Å²) in [6, 6.07) is 0.285. The number of aliphatic carboxylic acids is 1. The molecule has 0 heterocycles. The Bertz CT molecular complexity index is 451. The van der Waals surface area contributed by atoms with Crippen LogP contribution in [0.5, 0.6) is 5.75 Å². The molecule has 1 atom stereocenters. The molecule has 0 aromatic heterocycles. The summed E-state index contributed by atoms with van der Waals surface area (Å²) >= 11 is 0. The van der Waals surface area contributed by atoms with E-state index in [1.807, 2.05) is 0 Å². The van der Waals surface area contributed by atoms with Crippen LogP contribution in [0.15, 0.2) is 6.07 Å². The fraction of sp³-hybridized carbons (Fsp3) is 0.300. The topological polar surface area (TPSA) is 72.5 Å². The van der Waals surface area contributed by atoms with Crippen molar-refractivity contribution in [3.63, 3.8) is 0 Å². The summed E-state index contributed by atoms with van der Waals surface area (Å²) in [5.74, 6) is -7.85. The number of ether oxygens (including phenoxy) is 1. The average molecular weight is 249 g/mol. The average Bonchev–Trinajstić information content (AvgIpc) is 2.25. The third kappa shape index (κ3) is 2.33. The highest BCUT2D eigenvalue weighted by Crippen LogP contribution is 2.33. The summed E-state index contributed by atoms with van der Waals surface area (Å²) in [5, 5.41) is 8.81. The van der Waals surface area contributed by atoms with Crippen LogP contribution >= 0.6 is 0 Å². The summed E-state index contributed by atoms with van der Waals surface area (Å²) in [6.45, 7) is -0.508. The molecule has 0 saturated heterocycles. The zero-order valence-corrected chi connectivity index (χ0v) is 8.84. The second-order valence-corrected chi connectivity index (χ2v) is 3.23. The van der Waals surface area contributed by atoms with E-state index in [1.54, 1.807) is 0 Å². The largest absolute Gasteiger partial charge is 0.493 e. The summed E-state index contributed by atoms with van der Waals surface area (Å²) in [5.41, 5.74) is 4.43. The van der Waals surface area contributed by atoms with Crippen LogP contribution in [0, 0.1) is 17.5 Å². The fourth-order valence-electron chi connectivity index (χ4n) is 1.46. The van der Waals surface area contributed by atoms with E-state index in [2.05, 4.69) is 4.74 Å². The lowest BCUT2D eigenvalue weighted by molar-refractivity contribution is -0.138. The molecular weight excluding hydrogens is 239 g/mol. The quantitative estimate of drug-likeness (QED) is 0.787. The minimum Gasteiger partial charge on any atom is -0.493 e. The molecule has 94 valence electrons. The maximum atomic E-state index is 13.5. The first-order chi connectivity index (χ1) is 7.93. The van der Waals surface area contributed by atoms with Crippen molar-refractivity contribution in [3.8, 4) is 5.75 Å². The standard InChI is InChI=1S/C10H10F3NO3/c1-17-9-6(12)2-5(11)8(13)7(9)4(3-14)10(15)16/h2,4H,3,14H2,1H3,(H,15,16). The molecule has 1 rings (SSSR count). The van der Waals surface area contributed by atoms with E-state index in [0.717, 1.165) is 7.11 Å². The molecule has 0 spiro atoms. The van der Waals surface area contributed by atoms with Gasteiger partial charge in [-0.1, -0.05) is 0 Å². The van der Waals surface area contributed by atoms with Crippen LogP contribution in [0.3, 0.4) is 0 Å². The molecule has 4 nitrogen and oxygen atoms in total. The Morgan fingerprint density at radius 1 is 1.47 bits per heavy atom. The van der Waals surface area contributed by atoms with Crippen LogP contribution in [0.25, 0.3) is 0 Å². The predicted octanol–water partition coefficient (Wildman–Crippen LogP) is 1.24. The van der Waals surface area contributed by atoms with E-state index in [-0.39, 0.29) is 6.07 Å². The molecule has 7 heteroatoms. The molecule has 0 aliphatic heterocycles. The molecule has 1 aromatic carbocycles. The smallest absolute Gasteiger partial charge is 0.312 e. The van der Waals surface area contributed by atoms with Crippen LogP contribution in [0.1, 0.15) is 11.5 Å². The fourth-order valence-corrected chi connectivity index (χ4v) is 1.46. The first-order valence-corrected chi connectivity index (χ1v) is 4.58. The monoisotopic (exact) mass is 249 g/mol. The van der Waals surface area contributed by atoms with Gasteiger partial charge >= 0.3 is 5.97 Å². The second kappa shape index (κ2) is 5.05. The number of halogens is 3. The molecule has 0 aliphatic rings. The molecule has 0 bridgehead atoms. The van der Waals surface area contributed by atoms with Crippen LogP contribution in [0.2, 0.25) is 0 Å². The highest BCUT2D eigenvalue weighted by Gasteiger charge is 2.30.